The van der Waals surface area contributed by atoms with Crippen LogP contribution in [0.2, 0.25) is 0 Å². The molecular weight excluding hydrogens is 701 g/mol. The average Bonchev–Trinajstić information content (AvgIpc) is 3.85. The van der Waals surface area contributed by atoms with Gasteiger partial charge in [-0.05, 0) is 108 Å². The van der Waals surface area contributed by atoms with Gasteiger partial charge in [0, 0.05) is 45.8 Å². The van der Waals surface area contributed by atoms with Gasteiger partial charge in [0.25, 0.3) is 0 Å². The summed E-state index contributed by atoms with van der Waals surface area (Å²) in [6, 6.07) is 63.8. The Kier molecular flexibility index (Phi) is 6.53. The first-order chi connectivity index (χ1) is 27.0. The third kappa shape index (κ3) is 4.44. The second kappa shape index (κ2) is 11.5. The van der Waals surface area contributed by atoms with Crippen LogP contribution in [0.15, 0.2) is 170 Å². The number of hydrogen-bond donors (Lipinski definition) is 0. The average molecular weight is 735 g/mol. The molecule has 2 aromatic heterocycles. The van der Waals surface area contributed by atoms with Crippen LogP contribution in [-0.4, -0.2) is 0 Å². The van der Waals surface area contributed by atoms with Crippen LogP contribution in [0.25, 0.3) is 106 Å². The number of benzene rings is 9. The van der Waals surface area contributed by atoms with Gasteiger partial charge in [0.15, 0.2) is 0 Å². The molecule has 55 heavy (non-hydrogen) atoms. The van der Waals surface area contributed by atoms with E-state index in [-0.39, 0.29) is 5.41 Å². The smallest absolute Gasteiger partial charge is 0.0433 e. The first kappa shape index (κ1) is 31.3. The van der Waals surface area contributed by atoms with Crippen molar-refractivity contribution in [3.63, 3.8) is 0 Å². The Morgan fingerprint density at radius 3 is 1.67 bits per heavy atom. The third-order valence-electron chi connectivity index (χ3n) is 12.3. The molecular formula is C53H34S2. The van der Waals surface area contributed by atoms with E-state index in [0.717, 1.165) is 0 Å². The van der Waals surface area contributed by atoms with Crippen LogP contribution >= 0.6 is 22.7 Å². The molecule has 0 radical (unpaired) electrons. The van der Waals surface area contributed by atoms with E-state index in [9.17, 15) is 0 Å². The maximum absolute atomic E-state index is 2.49. The molecule has 0 atom stereocenters. The van der Waals surface area contributed by atoms with Crippen LogP contribution in [-0.2, 0) is 5.41 Å². The Morgan fingerprint density at radius 1 is 0.327 bits per heavy atom. The normalized spacial score (nSPS) is 13.4. The van der Waals surface area contributed by atoms with E-state index < -0.39 is 0 Å². The van der Waals surface area contributed by atoms with Gasteiger partial charge < -0.3 is 0 Å². The molecule has 0 amide bonds. The van der Waals surface area contributed by atoms with Crippen LogP contribution in [0, 0.1) is 0 Å². The number of fused-ring (bicyclic) bond motifs is 11. The van der Waals surface area contributed by atoms with Gasteiger partial charge in [-0.15, -0.1) is 22.7 Å². The van der Waals surface area contributed by atoms with Gasteiger partial charge in [-0.3, -0.25) is 0 Å². The number of rotatable bonds is 3. The molecule has 0 bridgehead atoms. The predicted molar refractivity (Wildman–Crippen MR) is 241 cm³/mol. The fraction of sp³-hybridized carbons (Fsp3) is 0.0566. The highest BCUT2D eigenvalue weighted by molar-refractivity contribution is 7.28. The van der Waals surface area contributed by atoms with Crippen LogP contribution in [0.1, 0.15) is 25.0 Å². The molecule has 9 aromatic carbocycles. The molecule has 0 saturated heterocycles. The van der Waals surface area contributed by atoms with Crippen molar-refractivity contribution in [1.29, 1.82) is 0 Å². The molecule has 0 nitrogen and oxygen atoms in total. The largest absolute Gasteiger partial charge is 0.135 e. The van der Waals surface area contributed by atoms with Crippen molar-refractivity contribution in [2.24, 2.45) is 0 Å². The molecule has 0 saturated carbocycles. The molecule has 258 valence electrons. The van der Waals surface area contributed by atoms with E-state index in [1.165, 1.54) is 118 Å². The van der Waals surface area contributed by atoms with Crippen LogP contribution < -0.4 is 0 Å². The van der Waals surface area contributed by atoms with E-state index in [1.54, 1.807) is 0 Å². The third-order valence-corrected chi connectivity index (χ3v) is 14.6. The second-order valence-electron chi connectivity index (χ2n) is 15.6. The topological polar surface area (TPSA) is 0 Å². The molecule has 0 fully saturated rings. The maximum atomic E-state index is 2.49. The van der Waals surface area contributed by atoms with Gasteiger partial charge in [0.05, 0.1) is 0 Å². The van der Waals surface area contributed by atoms with Crippen molar-refractivity contribution in [2.45, 2.75) is 19.3 Å². The van der Waals surface area contributed by atoms with Gasteiger partial charge >= 0.3 is 0 Å². The van der Waals surface area contributed by atoms with Crippen molar-refractivity contribution >= 4 is 84.6 Å². The lowest BCUT2D eigenvalue weighted by atomic mass is 9.80. The van der Waals surface area contributed by atoms with Crippen molar-refractivity contribution in [1.82, 2.24) is 0 Å². The lowest BCUT2D eigenvalue weighted by Crippen LogP contribution is -2.15. The van der Waals surface area contributed by atoms with Gasteiger partial charge in [-0.1, -0.05) is 153 Å². The lowest BCUT2D eigenvalue weighted by molar-refractivity contribution is 0.660. The molecule has 11 aromatic rings. The molecule has 12 rings (SSSR count). The fourth-order valence-electron chi connectivity index (χ4n) is 9.68. The first-order valence-electron chi connectivity index (χ1n) is 19.1. The zero-order valence-corrected chi connectivity index (χ0v) is 32.1. The van der Waals surface area contributed by atoms with Crippen LogP contribution in [0.3, 0.4) is 0 Å². The monoisotopic (exact) mass is 734 g/mol. The summed E-state index contributed by atoms with van der Waals surface area (Å²) in [4.78, 5) is 0. The Balaban J connectivity index is 1.02. The van der Waals surface area contributed by atoms with E-state index in [2.05, 4.69) is 184 Å². The van der Waals surface area contributed by atoms with E-state index in [0.29, 0.717) is 0 Å². The summed E-state index contributed by atoms with van der Waals surface area (Å²) >= 11 is 3.83. The summed E-state index contributed by atoms with van der Waals surface area (Å²) in [5.41, 5.74) is 13.1. The molecule has 0 N–H and O–H groups in total. The Labute approximate surface area is 327 Å². The minimum absolute atomic E-state index is 0.132. The summed E-state index contributed by atoms with van der Waals surface area (Å²) in [6.07, 6.45) is 0. The van der Waals surface area contributed by atoms with Gasteiger partial charge in [0.2, 0.25) is 0 Å². The van der Waals surface area contributed by atoms with Gasteiger partial charge in [-0.25, -0.2) is 0 Å². The summed E-state index contributed by atoms with van der Waals surface area (Å²) in [7, 11) is 0. The predicted octanol–water partition coefficient (Wildman–Crippen LogP) is 16.0. The van der Waals surface area contributed by atoms with E-state index >= 15 is 0 Å². The number of hydrogen-bond acceptors (Lipinski definition) is 2. The fourth-order valence-corrected chi connectivity index (χ4v) is 12.1. The SMILES string of the molecule is CC1(C)c2ccc(-c3cccc4c3sc3cc5sc6ccccc6c5cc34)cc2-c2ccc(-c3c4ccccc4c(-c4ccccc4)c4ccccc34)cc21. The molecule has 0 aliphatic heterocycles. The van der Waals surface area contributed by atoms with Gasteiger partial charge in [-0.2, -0.15) is 0 Å². The summed E-state index contributed by atoms with van der Waals surface area (Å²) in [6.45, 7) is 4.80. The zero-order chi connectivity index (χ0) is 36.4. The molecule has 0 spiro atoms. The molecule has 0 unspecified atom stereocenters. The molecule has 2 heterocycles. The maximum Gasteiger partial charge on any atom is 0.0433 e. The second-order valence-corrected chi connectivity index (χ2v) is 17.7. The summed E-state index contributed by atoms with van der Waals surface area (Å²) < 4.78 is 5.45. The lowest BCUT2D eigenvalue weighted by Gasteiger charge is -2.23. The Hall–Kier alpha value is -6.06. The van der Waals surface area contributed by atoms with E-state index in [1.807, 2.05) is 22.7 Å². The number of thiophene rings is 2. The highest BCUT2D eigenvalue weighted by Gasteiger charge is 2.36. The van der Waals surface area contributed by atoms with Crippen LogP contribution in [0.4, 0.5) is 0 Å². The molecule has 1 aliphatic rings. The summed E-state index contributed by atoms with van der Waals surface area (Å²) in [5, 5.41) is 10.6. The minimum Gasteiger partial charge on any atom is -0.135 e. The molecule has 1 aliphatic carbocycles. The van der Waals surface area contributed by atoms with Gasteiger partial charge in [0.1, 0.15) is 0 Å². The minimum atomic E-state index is -0.132. The Bertz CT molecular complexity index is 3340. The van der Waals surface area contributed by atoms with Crippen molar-refractivity contribution in [3.8, 4) is 44.5 Å². The van der Waals surface area contributed by atoms with Crippen molar-refractivity contribution in [3.05, 3.63) is 181 Å². The zero-order valence-electron chi connectivity index (χ0n) is 30.5. The highest BCUT2D eigenvalue weighted by Crippen LogP contribution is 2.53. The first-order valence-corrected chi connectivity index (χ1v) is 20.7. The highest BCUT2D eigenvalue weighted by atomic mass is 32.1. The van der Waals surface area contributed by atoms with Crippen molar-refractivity contribution in [2.75, 3.05) is 0 Å². The molecule has 2 heteroatoms. The van der Waals surface area contributed by atoms with E-state index in [4.69, 9.17) is 0 Å². The van der Waals surface area contributed by atoms with Crippen LogP contribution in [0.5, 0.6) is 0 Å². The quantitative estimate of drug-likeness (QED) is 0.159. The standard InChI is InChI=1S/C53H34S2/c1-53(2)45-26-24-32(34-20-12-21-41-44-29-43-36-15-10-11-22-47(36)54-48(43)30-49(44)55-52(34)41)27-42(45)35-25-23-33(28-46(35)53)51-39-18-8-6-16-37(39)50(31-13-4-3-5-14-31)38-17-7-9-19-40(38)51/h3-30H,1-2H3. The Morgan fingerprint density at radius 2 is 0.927 bits per heavy atom. The van der Waals surface area contributed by atoms with Crippen molar-refractivity contribution < 1.29 is 0 Å². The summed E-state index contributed by atoms with van der Waals surface area (Å²) in [5.74, 6) is 0.